The zero-order chi connectivity index (χ0) is 20.4. The number of aromatic nitrogens is 4. The molecule has 29 heavy (non-hydrogen) atoms. The van der Waals surface area contributed by atoms with Crippen molar-refractivity contribution >= 4 is 0 Å². The van der Waals surface area contributed by atoms with Gasteiger partial charge in [0.1, 0.15) is 18.9 Å². The molecule has 4 aromatic rings. The van der Waals surface area contributed by atoms with Crippen molar-refractivity contribution in [2.24, 2.45) is 7.05 Å². The summed E-state index contributed by atoms with van der Waals surface area (Å²) in [7, 11) is 4.21. The maximum atomic E-state index is 4.97. The third-order valence-corrected chi connectivity index (χ3v) is 5.21. The molecule has 0 unspecified atom stereocenters. The lowest BCUT2D eigenvalue weighted by Gasteiger charge is -2.14. The Bertz CT molecular complexity index is 1100. The maximum absolute atomic E-state index is 4.97. The Hall–Kier alpha value is -3.18. The molecule has 0 saturated carbocycles. The average Bonchev–Trinajstić information content (AvgIpc) is 3.29. The Morgan fingerprint density at radius 1 is 1.03 bits per heavy atom. The van der Waals surface area contributed by atoms with Gasteiger partial charge in [-0.25, -0.2) is 14.2 Å². The summed E-state index contributed by atoms with van der Waals surface area (Å²) in [6.07, 6.45) is 6.17. The zero-order valence-electron chi connectivity index (χ0n) is 17.6. The first kappa shape index (κ1) is 19.2. The molecular formula is C24H28N5+. The first-order chi connectivity index (χ1) is 14.0. The summed E-state index contributed by atoms with van der Waals surface area (Å²) < 4.78 is 4.11. The van der Waals surface area contributed by atoms with Gasteiger partial charge >= 0.3 is 0 Å². The lowest BCUT2D eigenvalue weighted by Crippen LogP contribution is -2.34. The van der Waals surface area contributed by atoms with Crippen molar-refractivity contribution < 1.29 is 4.57 Å². The van der Waals surface area contributed by atoms with Gasteiger partial charge in [0.15, 0.2) is 0 Å². The van der Waals surface area contributed by atoms with Gasteiger partial charge in [-0.3, -0.25) is 4.90 Å². The molecule has 0 saturated heterocycles. The highest BCUT2D eigenvalue weighted by Gasteiger charge is 2.17. The van der Waals surface area contributed by atoms with E-state index in [1.54, 1.807) is 0 Å². The van der Waals surface area contributed by atoms with Crippen LogP contribution >= 0.6 is 0 Å². The van der Waals surface area contributed by atoms with Crippen LogP contribution in [-0.2, 0) is 20.1 Å². The number of hydrogen-bond acceptors (Lipinski definition) is 2. The molecule has 0 fully saturated rings. The van der Waals surface area contributed by atoms with Crippen LogP contribution in [0.5, 0.6) is 0 Å². The highest BCUT2D eigenvalue weighted by Crippen LogP contribution is 2.26. The molecule has 0 amide bonds. The summed E-state index contributed by atoms with van der Waals surface area (Å²) >= 11 is 0. The number of aromatic amines is 1. The fraction of sp³-hybridized carbons (Fsp3) is 0.250. The molecule has 0 spiro atoms. The topological polar surface area (TPSA) is 40.7 Å². The van der Waals surface area contributed by atoms with E-state index in [-0.39, 0.29) is 0 Å². The lowest BCUT2D eigenvalue weighted by molar-refractivity contribution is -0.678. The normalized spacial score (nSPS) is 11.3. The second-order valence-corrected chi connectivity index (χ2v) is 7.84. The molecule has 4 rings (SSSR count). The summed E-state index contributed by atoms with van der Waals surface area (Å²) in [5.41, 5.74) is 6.98. The van der Waals surface area contributed by atoms with Crippen LogP contribution < -0.4 is 4.57 Å². The summed E-state index contributed by atoms with van der Waals surface area (Å²) in [5.74, 6) is 1.18. The number of benzene rings is 2. The number of aryl methyl sites for hydroxylation is 3. The number of imidazole rings is 1. The lowest BCUT2D eigenvalue weighted by atomic mass is 10.1. The van der Waals surface area contributed by atoms with Crippen LogP contribution in [0, 0.1) is 13.8 Å². The number of rotatable bonds is 6. The van der Waals surface area contributed by atoms with Gasteiger partial charge in [0.25, 0.3) is 5.82 Å². The predicted octanol–water partition coefficient (Wildman–Crippen LogP) is 3.94. The predicted molar refractivity (Wildman–Crippen MR) is 116 cm³/mol. The van der Waals surface area contributed by atoms with Crippen LogP contribution in [0.1, 0.15) is 22.5 Å². The monoisotopic (exact) mass is 386 g/mol. The standard InChI is InChI=1S/C24H27N5/c1-18-8-10-22(11-9-18)29-16-21(15-27(3)17-23-25-12-13-28(23)4)24(26-29)20-7-5-6-19(2)14-20/h5-14,16H,15,17H2,1-4H3/p+1. The van der Waals surface area contributed by atoms with Gasteiger partial charge in [-0.1, -0.05) is 41.5 Å². The van der Waals surface area contributed by atoms with E-state index in [1.165, 1.54) is 22.5 Å². The first-order valence-electron chi connectivity index (χ1n) is 9.92. The maximum Gasteiger partial charge on any atom is 0.268 e. The highest BCUT2D eigenvalue weighted by atomic mass is 15.3. The van der Waals surface area contributed by atoms with Crippen molar-refractivity contribution in [2.75, 3.05) is 7.05 Å². The van der Waals surface area contributed by atoms with Crippen LogP contribution in [-0.4, -0.2) is 26.7 Å². The fourth-order valence-electron chi connectivity index (χ4n) is 3.59. The van der Waals surface area contributed by atoms with Crippen molar-refractivity contribution in [3.8, 4) is 16.9 Å². The van der Waals surface area contributed by atoms with Gasteiger partial charge in [-0.2, -0.15) is 5.10 Å². The largest absolute Gasteiger partial charge is 0.291 e. The SMILES string of the molecule is Cc1ccc(-n2cc(CN(C)Cc3[nH]cc[n+]3C)c(-c3cccc(C)c3)n2)cc1. The van der Waals surface area contributed by atoms with Gasteiger partial charge in [-0.15, -0.1) is 0 Å². The van der Waals surface area contributed by atoms with Gasteiger partial charge in [0, 0.05) is 23.9 Å². The van der Waals surface area contributed by atoms with E-state index in [1.807, 2.05) is 17.1 Å². The van der Waals surface area contributed by atoms with E-state index in [4.69, 9.17) is 5.10 Å². The molecule has 0 atom stereocenters. The first-order valence-corrected chi connectivity index (χ1v) is 9.92. The van der Waals surface area contributed by atoms with Crippen LogP contribution in [0.25, 0.3) is 16.9 Å². The van der Waals surface area contributed by atoms with E-state index in [9.17, 15) is 0 Å². The van der Waals surface area contributed by atoms with Gasteiger partial charge in [-0.05, 0) is 39.1 Å². The van der Waals surface area contributed by atoms with Crippen molar-refractivity contribution in [2.45, 2.75) is 26.9 Å². The Balaban J connectivity index is 1.68. The van der Waals surface area contributed by atoms with Gasteiger partial charge in [0.05, 0.1) is 18.4 Å². The van der Waals surface area contributed by atoms with Crippen molar-refractivity contribution in [1.29, 1.82) is 0 Å². The average molecular weight is 387 g/mol. The molecule has 0 bridgehead atoms. The molecule has 5 heteroatoms. The summed E-state index contributed by atoms with van der Waals surface area (Å²) in [6.45, 7) is 5.88. The van der Waals surface area contributed by atoms with E-state index in [0.29, 0.717) is 0 Å². The summed E-state index contributed by atoms with van der Waals surface area (Å²) in [4.78, 5) is 5.62. The number of nitrogens with one attached hydrogen (secondary N) is 1. The Labute approximate surface area is 172 Å². The van der Waals surface area contributed by atoms with E-state index >= 15 is 0 Å². The molecule has 0 radical (unpaired) electrons. The number of H-pyrrole nitrogens is 1. The van der Waals surface area contributed by atoms with Crippen molar-refractivity contribution in [3.05, 3.63) is 89.6 Å². The summed E-state index contributed by atoms with van der Waals surface area (Å²) in [6, 6.07) is 17.1. The molecule has 148 valence electrons. The van der Waals surface area contributed by atoms with Gasteiger partial charge in [0.2, 0.25) is 0 Å². The van der Waals surface area contributed by atoms with Crippen LogP contribution in [0.3, 0.4) is 0 Å². The second kappa shape index (κ2) is 8.05. The van der Waals surface area contributed by atoms with Crippen LogP contribution in [0.4, 0.5) is 0 Å². The van der Waals surface area contributed by atoms with E-state index < -0.39 is 0 Å². The van der Waals surface area contributed by atoms with Crippen LogP contribution in [0.15, 0.2) is 67.1 Å². The third-order valence-electron chi connectivity index (χ3n) is 5.21. The van der Waals surface area contributed by atoms with Crippen molar-refractivity contribution in [3.63, 3.8) is 0 Å². The molecule has 1 N–H and O–H groups in total. The Morgan fingerprint density at radius 2 is 1.83 bits per heavy atom. The Morgan fingerprint density at radius 3 is 2.52 bits per heavy atom. The number of hydrogen-bond donors (Lipinski definition) is 1. The molecular weight excluding hydrogens is 358 g/mol. The minimum atomic E-state index is 0.814. The van der Waals surface area contributed by atoms with Crippen molar-refractivity contribution in [1.82, 2.24) is 19.7 Å². The van der Waals surface area contributed by atoms with E-state index in [2.05, 4.69) is 97.1 Å². The van der Waals surface area contributed by atoms with Gasteiger partial charge < -0.3 is 0 Å². The molecule has 2 aromatic carbocycles. The second-order valence-electron chi connectivity index (χ2n) is 7.84. The fourth-order valence-corrected chi connectivity index (χ4v) is 3.59. The zero-order valence-corrected chi connectivity index (χ0v) is 17.6. The smallest absolute Gasteiger partial charge is 0.268 e. The molecule has 5 nitrogen and oxygen atoms in total. The number of nitrogens with zero attached hydrogens (tertiary/aromatic N) is 4. The molecule has 2 aromatic heterocycles. The molecule has 2 heterocycles. The Kier molecular flexibility index (Phi) is 5.32. The molecule has 0 aliphatic rings. The minimum Gasteiger partial charge on any atom is -0.291 e. The summed E-state index contributed by atoms with van der Waals surface area (Å²) in [5, 5.41) is 4.97. The third kappa shape index (κ3) is 4.30. The quantitative estimate of drug-likeness (QED) is 0.510. The molecule has 0 aliphatic heterocycles. The van der Waals surface area contributed by atoms with E-state index in [0.717, 1.165) is 30.0 Å². The molecule has 0 aliphatic carbocycles. The highest BCUT2D eigenvalue weighted by molar-refractivity contribution is 5.64. The van der Waals surface area contributed by atoms with Crippen LogP contribution in [0.2, 0.25) is 0 Å². The minimum absolute atomic E-state index is 0.814.